The SMILES string of the molecule is Clc1ccc(OCc2ccccc2Cl)c(CNCCC2=CCCCC2)c1. The van der Waals surface area contributed by atoms with Gasteiger partial charge in [0.15, 0.2) is 0 Å². The molecule has 3 rings (SSSR count). The van der Waals surface area contributed by atoms with Crippen molar-refractivity contribution in [2.45, 2.75) is 45.3 Å². The topological polar surface area (TPSA) is 21.3 Å². The molecule has 2 aromatic carbocycles. The fraction of sp³-hybridized carbons (Fsp3) is 0.364. The van der Waals surface area contributed by atoms with Crippen LogP contribution in [0.1, 0.15) is 43.2 Å². The minimum atomic E-state index is 0.446. The number of halogens is 2. The third kappa shape index (κ3) is 5.77. The van der Waals surface area contributed by atoms with E-state index in [2.05, 4.69) is 11.4 Å². The summed E-state index contributed by atoms with van der Waals surface area (Å²) in [5.41, 5.74) is 3.64. The molecule has 1 N–H and O–H groups in total. The van der Waals surface area contributed by atoms with Crippen LogP contribution in [-0.4, -0.2) is 6.54 Å². The van der Waals surface area contributed by atoms with Crippen LogP contribution in [0.25, 0.3) is 0 Å². The van der Waals surface area contributed by atoms with Gasteiger partial charge in [-0.15, -0.1) is 0 Å². The van der Waals surface area contributed by atoms with E-state index in [4.69, 9.17) is 27.9 Å². The van der Waals surface area contributed by atoms with E-state index in [-0.39, 0.29) is 0 Å². The van der Waals surface area contributed by atoms with Crippen LogP contribution in [0.2, 0.25) is 10.0 Å². The van der Waals surface area contributed by atoms with E-state index >= 15 is 0 Å². The lowest BCUT2D eigenvalue weighted by Gasteiger charge is -2.15. The van der Waals surface area contributed by atoms with Gasteiger partial charge in [0.05, 0.1) is 0 Å². The molecule has 2 aromatic rings. The van der Waals surface area contributed by atoms with Gasteiger partial charge in [-0.3, -0.25) is 0 Å². The standard InChI is InChI=1S/C22H25Cl2NO/c23-20-10-11-22(26-16-18-8-4-5-9-21(18)24)19(14-20)15-25-13-12-17-6-2-1-3-7-17/h4-6,8-11,14,25H,1-3,7,12-13,15-16H2. The highest BCUT2D eigenvalue weighted by atomic mass is 35.5. The number of ether oxygens (including phenoxy) is 1. The Morgan fingerprint density at radius 2 is 1.88 bits per heavy atom. The van der Waals surface area contributed by atoms with Crippen molar-refractivity contribution in [1.29, 1.82) is 0 Å². The summed E-state index contributed by atoms with van der Waals surface area (Å²) in [6.45, 7) is 2.16. The number of rotatable bonds is 8. The Kier molecular flexibility index (Phi) is 7.43. The molecule has 0 unspecified atom stereocenters. The average molecular weight is 390 g/mol. The van der Waals surface area contributed by atoms with Crippen LogP contribution in [0.5, 0.6) is 5.75 Å². The number of allylic oxidation sites excluding steroid dienone is 1. The van der Waals surface area contributed by atoms with Crippen LogP contribution in [0.15, 0.2) is 54.1 Å². The lowest BCUT2D eigenvalue weighted by Crippen LogP contribution is -2.16. The van der Waals surface area contributed by atoms with E-state index in [0.29, 0.717) is 6.61 Å². The van der Waals surface area contributed by atoms with E-state index in [1.807, 2.05) is 42.5 Å². The first-order chi connectivity index (χ1) is 12.7. The Morgan fingerprint density at radius 3 is 2.69 bits per heavy atom. The number of nitrogens with one attached hydrogen (secondary N) is 1. The first-order valence-electron chi connectivity index (χ1n) is 9.25. The molecule has 0 bridgehead atoms. The Hall–Kier alpha value is -1.48. The monoisotopic (exact) mass is 389 g/mol. The molecule has 0 saturated carbocycles. The maximum Gasteiger partial charge on any atom is 0.124 e. The number of benzene rings is 2. The number of hydrogen-bond donors (Lipinski definition) is 1. The third-order valence-corrected chi connectivity index (χ3v) is 5.29. The molecule has 0 aliphatic heterocycles. The Balaban J connectivity index is 1.55. The predicted molar refractivity (Wildman–Crippen MR) is 110 cm³/mol. The molecular formula is C22H25Cl2NO. The van der Waals surface area contributed by atoms with Gasteiger partial charge in [-0.25, -0.2) is 0 Å². The normalized spacial score (nSPS) is 14.2. The van der Waals surface area contributed by atoms with Gasteiger partial charge in [0.1, 0.15) is 12.4 Å². The zero-order chi connectivity index (χ0) is 18.2. The van der Waals surface area contributed by atoms with Gasteiger partial charge in [0.25, 0.3) is 0 Å². The third-order valence-electron chi connectivity index (χ3n) is 4.69. The summed E-state index contributed by atoms with van der Waals surface area (Å²) in [6, 6.07) is 13.5. The molecule has 0 spiro atoms. The summed E-state index contributed by atoms with van der Waals surface area (Å²) in [5.74, 6) is 0.846. The molecule has 138 valence electrons. The van der Waals surface area contributed by atoms with Crippen LogP contribution >= 0.6 is 23.2 Å². The minimum Gasteiger partial charge on any atom is -0.489 e. The quantitative estimate of drug-likeness (QED) is 0.408. The fourth-order valence-electron chi connectivity index (χ4n) is 3.20. The minimum absolute atomic E-state index is 0.446. The lowest BCUT2D eigenvalue weighted by molar-refractivity contribution is 0.302. The molecule has 0 heterocycles. The van der Waals surface area contributed by atoms with Crippen LogP contribution in [-0.2, 0) is 13.2 Å². The summed E-state index contributed by atoms with van der Waals surface area (Å²) >= 11 is 12.4. The van der Waals surface area contributed by atoms with Crippen molar-refractivity contribution in [1.82, 2.24) is 5.32 Å². The molecule has 0 amide bonds. The van der Waals surface area contributed by atoms with Crippen LogP contribution in [0.3, 0.4) is 0 Å². The van der Waals surface area contributed by atoms with Gasteiger partial charge >= 0.3 is 0 Å². The largest absolute Gasteiger partial charge is 0.489 e. The van der Waals surface area contributed by atoms with E-state index in [0.717, 1.165) is 46.4 Å². The Labute approximate surface area is 166 Å². The molecule has 0 atom stereocenters. The fourth-order valence-corrected chi connectivity index (χ4v) is 3.59. The van der Waals surface area contributed by atoms with Crippen molar-refractivity contribution in [2.75, 3.05) is 6.54 Å². The molecule has 1 aliphatic rings. The van der Waals surface area contributed by atoms with Gasteiger partial charge in [-0.1, -0.05) is 53.1 Å². The van der Waals surface area contributed by atoms with Crippen molar-refractivity contribution >= 4 is 23.2 Å². The van der Waals surface area contributed by atoms with Crippen LogP contribution < -0.4 is 10.1 Å². The summed E-state index contributed by atoms with van der Waals surface area (Å²) in [7, 11) is 0. The zero-order valence-electron chi connectivity index (χ0n) is 14.9. The van der Waals surface area contributed by atoms with Crippen molar-refractivity contribution < 1.29 is 4.74 Å². The molecule has 0 radical (unpaired) electrons. The second-order valence-electron chi connectivity index (χ2n) is 6.67. The van der Waals surface area contributed by atoms with E-state index in [1.165, 1.54) is 25.7 Å². The highest BCUT2D eigenvalue weighted by molar-refractivity contribution is 6.31. The van der Waals surface area contributed by atoms with Gasteiger partial charge < -0.3 is 10.1 Å². The molecular weight excluding hydrogens is 365 g/mol. The van der Waals surface area contributed by atoms with Gasteiger partial charge in [0.2, 0.25) is 0 Å². The van der Waals surface area contributed by atoms with Crippen molar-refractivity contribution in [3.05, 3.63) is 75.3 Å². The second kappa shape index (κ2) is 10.0. The van der Waals surface area contributed by atoms with Crippen molar-refractivity contribution in [2.24, 2.45) is 0 Å². The van der Waals surface area contributed by atoms with Crippen molar-refractivity contribution in [3.63, 3.8) is 0 Å². The Morgan fingerprint density at radius 1 is 1.00 bits per heavy atom. The van der Waals surface area contributed by atoms with Crippen LogP contribution in [0, 0.1) is 0 Å². The van der Waals surface area contributed by atoms with Gasteiger partial charge in [-0.05, 0) is 62.9 Å². The zero-order valence-corrected chi connectivity index (χ0v) is 16.5. The maximum atomic E-state index is 6.21. The summed E-state index contributed by atoms with van der Waals surface area (Å²) < 4.78 is 6.01. The molecule has 2 nitrogen and oxygen atoms in total. The summed E-state index contributed by atoms with van der Waals surface area (Å²) in [5, 5.41) is 4.97. The smallest absolute Gasteiger partial charge is 0.124 e. The van der Waals surface area contributed by atoms with Gasteiger partial charge in [-0.2, -0.15) is 0 Å². The van der Waals surface area contributed by atoms with E-state index in [1.54, 1.807) is 5.57 Å². The van der Waals surface area contributed by atoms with Gasteiger partial charge in [0, 0.05) is 27.7 Å². The molecule has 0 fully saturated rings. The Bertz CT molecular complexity index is 758. The number of hydrogen-bond acceptors (Lipinski definition) is 2. The lowest BCUT2D eigenvalue weighted by atomic mass is 9.97. The predicted octanol–water partition coefficient (Wildman–Crippen LogP) is 6.55. The molecule has 0 saturated heterocycles. The second-order valence-corrected chi connectivity index (χ2v) is 7.51. The first kappa shape index (κ1) is 19.3. The highest BCUT2D eigenvalue weighted by Gasteiger charge is 2.08. The summed E-state index contributed by atoms with van der Waals surface area (Å²) in [4.78, 5) is 0. The van der Waals surface area contributed by atoms with Crippen molar-refractivity contribution in [3.8, 4) is 5.75 Å². The van der Waals surface area contributed by atoms with Crippen LogP contribution in [0.4, 0.5) is 0 Å². The van der Waals surface area contributed by atoms with E-state index < -0.39 is 0 Å². The molecule has 1 aliphatic carbocycles. The molecule has 26 heavy (non-hydrogen) atoms. The van der Waals surface area contributed by atoms with E-state index in [9.17, 15) is 0 Å². The molecule has 0 aromatic heterocycles. The highest BCUT2D eigenvalue weighted by Crippen LogP contribution is 2.25. The first-order valence-corrected chi connectivity index (χ1v) is 10.0. The molecule has 4 heteroatoms. The summed E-state index contributed by atoms with van der Waals surface area (Å²) in [6.07, 6.45) is 8.69. The average Bonchev–Trinajstić information content (AvgIpc) is 2.66. The maximum absolute atomic E-state index is 6.21.